The van der Waals surface area contributed by atoms with Crippen molar-refractivity contribution in [3.05, 3.63) is 23.9 Å². The summed E-state index contributed by atoms with van der Waals surface area (Å²) in [5, 5.41) is 14.8. The first-order chi connectivity index (χ1) is 14.3. The molecule has 168 valence electrons. The molecule has 1 unspecified atom stereocenters. The van der Waals surface area contributed by atoms with Crippen LogP contribution in [-0.2, 0) is 9.59 Å². The van der Waals surface area contributed by atoms with Crippen LogP contribution in [0.1, 0.15) is 51.5 Å². The molecule has 0 aliphatic carbocycles. The van der Waals surface area contributed by atoms with Gasteiger partial charge < -0.3 is 24.7 Å². The van der Waals surface area contributed by atoms with Gasteiger partial charge in [0, 0.05) is 19.8 Å². The summed E-state index contributed by atoms with van der Waals surface area (Å²) < 4.78 is 6.19. The maximum Gasteiger partial charge on any atom is 0.414 e. The van der Waals surface area contributed by atoms with Gasteiger partial charge in [-0.05, 0) is 44.5 Å². The zero-order valence-electron chi connectivity index (χ0n) is 18.0. The number of fused-ring (bicyclic) bond motifs is 1. The number of ether oxygens (including phenoxy) is 1. The Morgan fingerprint density at radius 1 is 1.20 bits per heavy atom. The fraction of sp³-hybridized carbons (Fsp3) is 0.619. The molecule has 0 bridgehead atoms. The number of unbranched alkanes of at least 4 members (excludes halogenated alkanes) is 2. The van der Waals surface area contributed by atoms with Crippen molar-refractivity contribution in [3.63, 3.8) is 0 Å². The second-order valence-electron chi connectivity index (χ2n) is 7.23. The van der Waals surface area contributed by atoms with Crippen molar-refractivity contribution in [2.45, 2.75) is 52.1 Å². The number of carbonyl (C=O) groups is 2. The molecule has 0 saturated carbocycles. The summed E-state index contributed by atoms with van der Waals surface area (Å²) in [7, 11) is 2.05. The van der Waals surface area contributed by atoms with Crippen molar-refractivity contribution in [2.24, 2.45) is 0 Å². The van der Waals surface area contributed by atoms with Crippen LogP contribution < -0.4 is 4.74 Å². The lowest BCUT2D eigenvalue weighted by molar-refractivity contribution is -0.159. The smallest absolute Gasteiger partial charge is 0.414 e. The summed E-state index contributed by atoms with van der Waals surface area (Å²) in [5.74, 6) is -2.96. The van der Waals surface area contributed by atoms with Crippen molar-refractivity contribution in [3.8, 4) is 5.88 Å². The first-order valence-corrected chi connectivity index (χ1v) is 10.8. The maximum absolute atomic E-state index is 9.10. The van der Waals surface area contributed by atoms with Crippen LogP contribution in [-0.4, -0.2) is 81.3 Å². The van der Waals surface area contributed by atoms with Gasteiger partial charge in [-0.3, -0.25) is 0 Å². The first-order valence-electron chi connectivity index (χ1n) is 10.4. The molecular weight excluding hydrogens is 406 g/mol. The van der Waals surface area contributed by atoms with Crippen LogP contribution in [0.4, 0.5) is 0 Å². The van der Waals surface area contributed by atoms with Crippen LogP contribution in [0.3, 0.4) is 0 Å². The van der Waals surface area contributed by atoms with Crippen LogP contribution in [0.15, 0.2) is 18.3 Å². The van der Waals surface area contributed by atoms with Crippen LogP contribution >= 0.6 is 12.2 Å². The number of carboxylic acids is 2. The minimum absolute atomic E-state index is 0.134. The van der Waals surface area contributed by atoms with Crippen LogP contribution in [0.5, 0.6) is 5.88 Å². The number of hydrogen-bond acceptors (Lipinski definition) is 6. The highest BCUT2D eigenvalue weighted by atomic mass is 32.1. The van der Waals surface area contributed by atoms with Crippen molar-refractivity contribution in [1.82, 2.24) is 14.8 Å². The van der Waals surface area contributed by atoms with E-state index in [2.05, 4.69) is 28.6 Å². The van der Waals surface area contributed by atoms with Gasteiger partial charge in [0.25, 0.3) is 0 Å². The summed E-state index contributed by atoms with van der Waals surface area (Å²) in [6.07, 6.45) is 7.95. The van der Waals surface area contributed by atoms with Crippen LogP contribution in [0.25, 0.3) is 0 Å². The number of rotatable bonds is 9. The average Bonchev–Trinajstić information content (AvgIpc) is 2.84. The third-order valence-electron chi connectivity index (χ3n) is 4.71. The van der Waals surface area contributed by atoms with Gasteiger partial charge in [-0.1, -0.05) is 38.9 Å². The van der Waals surface area contributed by atoms with Gasteiger partial charge in [-0.25, -0.2) is 14.6 Å². The van der Waals surface area contributed by atoms with E-state index >= 15 is 0 Å². The van der Waals surface area contributed by atoms with Gasteiger partial charge in [0.2, 0.25) is 5.88 Å². The Balaban J connectivity index is 0.000000656. The Hall–Kier alpha value is -2.26. The Morgan fingerprint density at radius 2 is 1.80 bits per heavy atom. The van der Waals surface area contributed by atoms with Crippen molar-refractivity contribution in [2.75, 3.05) is 33.2 Å². The molecule has 0 radical (unpaired) electrons. The molecule has 1 aromatic rings. The zero-order chi connectivity index (χ0) is 22.5. The molecular formula is C21H33N3O5S. The fourth-order valence-corrected chi connectivity index (χ4v) is 3.24. The van der Waals surface area contributed by atoms with Crippen molar-refractivity contribution in [1.29, 1.82) is 0 Å². The first kappa shape index (κ1) is 25.8. The lowest BCUT2D eigenvalue weighted by Crippen LogP contribution is -2.37. The van der Waals surface area contributed by atoms with Gasteiger partial charge >= 0.3 is 11.9 Å². The van der Waals surface area contributed by atoms with E-state index in [0.29, 0.717) is 5.88 Å². The van der Waals surface area contributed by atoms with Gasteiger partial charge in [-0.15, -0.1) is 0 Å². The minimum atomic E-state index is -1.82. The van der Waals surface area contributed by atoms with Gasteiger partial charge in [-0.2, -0.15) is 0 Å². The number of hydrogen-bond donors (Lipinski definition) is 2. The molecule has 0 fully saturated rings. The number of pyridine rings is 1. The fourth-order valence-electron chi connectivity index (χ4n) is 3.01. The van der Waals surface area contributed by atoms with Crippen LogP contribution in [0, 0.1) is 0 Å². The highest BCUT2D eigenvalue weighted by molar-refractivity contribution is 7.80. The van der Waals surface area contributed by atoms with Gasteiger partial charge in [0.15, 0.2) is 0 Å². The lowest BCUT2D eigenvalue weighted by Gasteiger charge is -2.26. The second-order valence-corrected chi connectivity index (χ2v) is 7.62. The third-order valence-corrected chi connectivity index (χ3v) is 5.24. The van der Waals surface area contributed by atoms with Gasteiger partial charge in [0.05, 0.1) is 12.1 Å². The molecule has 1 aliphatic heterocycles. The van der Waals surface area contributed by atoms with E-state index in [4.69, 9.17) is 36.8 Å². The molecule has 1 atom stereocenters. The molecule has 1 aromatic heterocycles. The van der Waals surface area contributed by atoms with Crippen molar-refractivity contribution >= 4 is 29.1 Å². The summed E-state index contributed by atoms with van der Waals surface area (Å²) in [6, 6.07) is 3.91. The summed E-state index contributed by atoms with van der Waals surface area (Å²) in [6.45, 7) is 8.78. The highest BCUT2D eigenvalue weighted by Crippen LogP contribution is 2.23. The maximum atomic E-state index is 9.10. The van der Waals surface area contributed by atoms with Crippen molar-refractivity contribution < 1.29 is 24.5 Å². The van der Waals surface area contributed by atoms with Gasteiger partial charge in [0.1, 0.15) is 11.1 Å². The Kier molecular flexibility index (Phi) is 11.9. The highest BCUT2D eigenvalue weighted by Gasteiger charge is 2.25. The molecule has 0 amide bonds. The molecule has 1 aliphatic rings. The number of thiocarbonyl (C=S) groups is 1. The topological polar surface area (TPSA) is 103 Å². The normalized spacial score (nSPS) is 15.5. The number of likely N-dealkylation sites (N-methyl/N-ethyl adjacent to an activating group) is 1. The standard InChI is InChI=1S/C19H31N3OS.C2H2O4/c1-4-6-12-22(13-7-5-2)14-10-16-15-21(3)19(24)17-9-8-11-20-18(17)23-16;3-1(4)2(5)6/h8-9,11,16H,4-7,10,12-15H2,1-3H3;(H,3,4)(H,5,6). The number of aromatic nitrogens is 1. The Morgan fingerprint density at radius 3 is 2.33 bits per heavy atom. The van der Waals surface area contributed by atoms with E-state index in [1.54, 1.807) is 6.20 Å². The molecule has 9 heteroatoms. The van der Waals surface area contributed by atoms with E-state index < -0.39 is 11.9 Å². The van der Waals surface area contributed by atoms with E-state index in [0.717, 1.165) is 30.1 Å². The SMILES string of the molecule is CCCCN(CCCC)CCC1CN(C)C(=S)c2cccnc2O1.O=C(O)C(=O)O. The average molecular weight is 440 g/mol. The molecule has 0 spiro atoms. The molecule has 8 nitrogen and oxygen atoms in total. The molecule has 2 heterocycles. The summed E-state index contributed by atoms with van der Waals surface area (Å²) in [4.78, 5) is 28.1. The quantitative estimate of drug-likeness (QED) is 0.444. The molecule has 2 rings (SSSR count). The number of carboxylic acid groups (broad SMARTS) is 2. The number of aliphatic carboxylic acids is 2. The van der Waals surface area contributed by atoms with Crippen LogP contribution in [0.2, 0.25) is 0 Å². The summed E-state index contributed by atoms with van der Waals surface area (Å²) >= 11 is 5.57. The van der Waals surface area contributed by atoms with E-state index in [9.17, 15) is 0 Å². The second kappa shape index (κ2) is 13.9. The Labute approximate surface area is 183 Å². The lowest BCUT2D eigenvalue weighted by atomic mass is 10.2. The minimum Gasteiger partial charge on any atom is -0.473 e. The predicted octanol–water partition coefficient (Wildman–Crippen LogP) is 2.90. The van der Waals surface area contributed by atoms with E-state index in [1.165, 1.54) is 38.8 Å². The monoisotopic (exact) mass is 439 g/mol. The predicted molar refractivity (Wildman–Crippen MR) is 119 cm³/mol. The van der Waals surface area contributed by atoms with E-state index in [1.807, 2.05) is 19.2 Å². The molecule has 30 heavy (non-hydrogen) atoms. The Bertz CT molecular complexity index is 681. The van der Waals surface area contributed by atoms with E-state index in [-0.39, 0.29) is 6.10 Å². The number of nitrogens with zero attached hydrogens (tertiary/aromatic N) is 3. The largest absolute Gasteiger partial charge is 0.473 e. The zero-order valence-corrected chi connectivity index (χ0v) is 18.9. The molecule has 2 N–H and O–H groups in total. The molecule has 0 aromatic carbocycles. The third kappa shape index (κ3) is 9.04. The molecule has 0 saturated heterocycles. The summed E-state index contributed by atoms with van der Waals surface area (Å²) in [5.41, 5.74) is 0.936.